The van der Waals surface area contributed by atoms with Gasteiger partial charge in [-0.2, -0.15) is 4.98 Å². The number of hydrogen-bond acceptors (Lipinski definition) is 14. The number of fused-ring (bicyclic) bond motifs is 3. The minimum atomic E-state index is -3.59. The van der Waals surface area contributed by atoms with E-state index in [2.05, 4.69) is 59.7 Å². The van der Waals surface area contributed by atoms with Crippen LogP contribution in [0.2, 0.25) is 5.02 Å². The van der Waals surface area contributed by atoms with Crippen molar-refractivity contribution in [2.75, 3.05) is 53.2 Å². The zero-order valence-corrected chi connectivity index (χ0v) is 39.4. The average Bonchev–Trinajstić information content (AvgIpc) is 3.65. The zero-order chi connectivity index (χ0) is 46.6. The average molecular weight is 939 g/mol. The van der Waals surface area contributed by atoms with Crippen LogP contribution in [0.15, 0.2) is 65.7 Å². The van der Waals surface area contributed by atoms with E-state index in [1.165, 1.54) is 6.20 Å². The summed E-state index contributed by atoms with van der Waals surface area (Å²) in [6.45, 7) is 13.9. The van der Waals surface area contributed by atoms with Crippen LogP contribution in [0, 0.1) is 12.8 Å². The number of para-hydroxylation sites is 1. The van der Waals surface area contributed by atoms with Gasteiger partial charge in [0.25, 0.3) is 11.8 Å². The summed E-state index contributed by atoms with van der Waals surface area (Å²) in [6, 6.07) is 16.1. The maximum Gasteiger partial charge on any atom is 0.262 e. The number of aryl methyl sites for hydroxylation is 1. The maximum absolute atomic E-state index is 13.5. The van der Waals surface area contributed by atoms with Crippen molar-refractivity contribution in [3.05, 3.63) is 82.5 Å². The molecule has 0 aliphatic carbocycles. The lowest BCUT2D eigenvalue weighted by molar-refractivity contribution is -0.136. The van der Waals surface area contributed by atoms with Crippen molar-refractivity contribution >= 4 is 79.6 Å². The van der Waals surface area contributed by atoms with Gasteiger partial charge < -0.3 is 25.2 Å². The normalized spacial score (nSPS) is 21.5. The smallest absolute Gasteiger partial charge is 0.262 e. The fraction of sp³-hybridized carbons (Fsp3) is 0.458. The van der Waals surface area contributed by atoms with Crippen molar-refractivity contribution in [2.24, 2.45) is 5.92 Å². The van der Waals surface area contributed by atoms with Crippen LogP contribution in [0.5, 0.6) is 5.75 Å². The van der Waals surface area contributed by atoms with Gasteiger partial charge in [0.05, 0.1) is 44.9 Å². The Morgan fingerprint density at radius 1 is 0.848 bits per heavy atom. The molecule has 0 saturated carbocycles. The number of carbonyl (C=O) groups excluding carboxylic acids is 4. The Morgan fingerprint density at radius 2 is 1.56 bits per heavy atom. The SMILES string of the molecule is Cc1cc(Nc2ncc(Cl)c(Nc3ccccc3S(=O)(=O)C(C)C)n2)c(OC(C)C)cc1N1CCC(CN2C3CCC2CN(c2ccc4c(c2)C(=O)N(C2CCC(=O)NC2=O)C4=O)C3)CC1. The number of piperidine rings is 2. The number of piperazine rings is 1. The van der Waals surface area contributed by atoms with Gasteiger partial charge in [0.15, 0.2) is 15.7 Å². The summed E-state index contributed by atoms with van der Waals surface area (Å²) in [4.78, 5) is 68.9. The Bertz CT molecular complexity index is 2690. The van der Waals surface area contributed by atoms with Gasteiger partial charge in [-0.05, 0) is 115 Å². The Morgan fingerprint density at radius 3 is 2.26 bits per heavy atom. The van der Waals surface area contributed by atoms with Gasteiger partial charge in [-0.15, -0.1) is 0 Å². The van der Waals surface area contributed by atoms with Crippen LogP contribution in [0.4, 0.5) is 34.5 Å². The molecule has 1 aromatic heterocycles. The summed E-state index contributed by atoms with van der Waals surface area (Å²) >= 11 is 6.54. The second-order valence-electron chi connectivity index (χ2n) is 18.6. The quantitative estimate of drug-likeness (QED) is 0.118. The number of imide groups is 2. The number of amides is 4. The summed E-state index contributed by atoms with van der Waals surface area (Å²) < 4.78 is 32.6. The monoisotopic (exact) mass is 937 g/mol. The molecule has 3 N–H and O–H groups in total. The molecule has 0 spiro atoms. The van der Waals surface area contributed by atoms with Crippen molar-refractivity contribution in [2.45, 2.75) is 108 Å². The molecular weight excluding hydrogens is 882 g/mol. The van der Waals surface area contributed by atoms with Crippen molar-refractivity contribution in [3.8, 4) is 5.75 Å². The fourth-order valence-electron chi connectivity index (χ4n) is 10.1. The second kappa shape index (κ2) is 18.1. The fourth-order valence-corrected chi connectivity index (χ4v) is 11.5. The van der Waals surface area contributed by atoms with E-state index in [-0.39, 0.29) is 40.6 Å². The van der Waals surface area contributed by atoms with Crippen molar-refractivity contribution in [1.82, 2.24) is 25.1 Å². The number of anilines is 6. The van der Waals surface area contributed by atoms with Crippen LogP contribution >= 0.6 is 11.6 Å². The molecule has 2 bridgehead atoms. The molecular formula is C48H56ClN9O7S. The molecule has 348 valence electrons. The number of nitrogens with zero attached hydrogens (tertiary/aromatic N) is 6. The van der Waals surface area contributed by atoms with Crippen molar-refractivity contribution in [1.29, 1.82) is 0 Å². The summed E-state index contributed by atoms with van der Waals surface area (Å²) in [5.41, 5.74) is 4.76. The molecule has 4 fully saturated rings. The van der Waals surface area contributed by atoms with Crippen LogP contribution in [-0.4, -0.2) is 114 Å². The third-order valence-corrected chi connectivity index (χ3v) is 16.1. The van der Waals surface area contributed by atoms with Gasteiger partial charge in [-0.1, -0.05) is 23.7 Å². The minimum Gasteiger partial charge on any atom is -0.489 e. The number of aromatic nitrogens is 2. The van der Waals surface area contributed by atoms with E-state index in [0.717, 1.165) is 80.2 Å². The van der Waals surface area contributed by atoms with E-state index in [9.17, 15) is 27.6 Å². The van der Waals surface area contributed by atoms with Crippen LogP contribution in [0.25, 0.3) is 0 Å². The second-order valence-corrected chi connectivity index (χ2v) is 21.5. The molecule has 0 radical (unpaired) electrons. The molecule has 5 aliphatic rings. The summed E-state index contributed by atoms with van der Waals surface area (Å²) in [6.07, 6.45) is 5.92. The topological polar surface area (TPSA) is 186 Å². The third kappa shape index (κ3) is 8.79. The molecule has 4 aromatic rings. The van der Waals surface area contributed by atoms with Crippen LogP contribution in [0.3, 0.4) is 0 Å². The number of carbonyl (C=O) groups is 4. The van der Waals surface area contributed by atoms with E-state index in [4.69, 9.17) is 16.3 Å². The van der Waals surface area contributed by atoms with Crippen LogP contribution < -0.4 is 30.5 Å². The largest absolute Gasteiger partial charge is 0.489 e. The van der Waals surface area contributed by atoms with Gasteiger partial charge in [0.2, 0.25) is 17.8 Å². The van der Waals surface area contributed by atoms with Crippen LogP contribution in [0.1, 0.15) is 92.5 Å². The lowest BCUT2D eigenvalue weighted by atomic mass is 9.94. The third-order valence-electron chi connectivity index (χ3n) is 13.6. The number of nitrogens with one attached hydrogen (secondary N) is 3. The summed E-state index contributed by atoms with van der Waals surface area (Å²) in [5, 5.41) is 8.34. The highest BCUT2D eigenvalue weighted by Crippen LogP contribution is 2.40. The number of sulfone groups is 1. The first kappa shape index (κ1) is 45.4. The van der Waals surface area contributed by atoms with E-state index in [1.807, 2.05) is 19.9 Å². The van der Waals surface area contributed by atoms with Gasteiger partial charge >= 0.3 is 0 Å². The molecule has 6 heterocycles. The summed E-state index contributed by atoms with van der Waals surface area (Å²) in [7, 11) is -3.59. The number of hydrogen-bond donors (Lipinski definition) is 3. The van der Waals surface area contributed by atoms with Crippen molar-refractivity contribution < 1.29 is 32.3 Å². The highest BCUT2D eigenvalue weighted by molar-refractivity contribution is 7.92. The molecule has 3 atom stereocenters. The van der Waals surface area contributed by atoms with Gasteiger partial charge in [0.1, 0.15) is 16.8 Å². The Hall–Kier alpha value is -5.78. The number of rotatable bonds is 13. The number of benzene rings is 3. The van der Waals surface area contributed by atoms with Crippen LogP contribution in [-0.2, 0) is 19.4 Å². The van der Waals surface area contributed by atoms with E-state index in [0.29, 0.717) is 46.3 Å². The Labute approximate surface area is 390 Å². The maximum atomic E-state index is 13.5. The van der Waals surface area contributed by atoms with E-state index in [1.54, 1.807) is 50.2 Å². The molecule has 4 saturated heterocycles. The first-order valence-corrected chi connectivity index (χ1v) is 24.8. The number of halogens is 1. The first-order valence-electron chi connectivity index (χ1n) is 22.9. The summed E-state index contributed by atoms with van der Waals surface area (Å²) in [5.74, 6) is -0.242. The molecule has 3 aromatic carbocycles. The molecule has 66 heavy (non-hydrogen) atoms. The minimum absolute atomic E-state index is 0.0853. The lowest BCUT2D eigenvalue weighted by Gasteiger charge is -2.45. The van der Waals surface area contributed by atoms with E-state index >= 15 is 0 Å². The molecule has 3 unspecified atom stereocenters. The molecule has 16 nitrogen and oxygen atoms in total. The first-order chi connectivity index (χ1) is 31.5. The molecule has 5 aliphatic heterocycles. The molecule has 4 amide bonds. The Kier molecular flexibility index (Phi) is 12.5. The predicted octanol–water partition coefficient (Wildman–Crippen LogP) is 6.87. The molecule has 9 rings (SSSR count). The molecule has 18 heteroatoms. The Balaban J connectivity index is 0.833. The predicted molar refractivity (Wildman–Crippen MR) is 253 cm³/mol. The van der Waals surface area contributed by atoms with Gasteiger partial charge in [0, 0.05) is 68.7 Å². The highest BCUT2D eigenvalue weighted by atomic mass is 35.5. The lowest BCUT2D eigenvalue weighted by Crippen LogP contribution is -2.55. The van der Waals surface area contributed by atoms with Gasteiger partial charge in [-0.3, -0.25) is 34.3 Å². The standard InChI is InChI=1S/C48H56ClN9O7S/c1-27(2)65-41-22-40(29(5)20-38(41)52-48-50-23-36(49)44(54-48)51-37-8-6-7-9-42(37)66(63,64)28(3)4)55-18-16-30(17-19-55)24-57-32-10-11-33(57)26-56(25-32)31-12-13-34-35(21-31)47(62)58(46(34)61)39-14-15-43(59)53-45(39)60/h6-9,12-13,20-23,27-28,30,32-33,39H,10-11,14-19,24-26H2,1-5H3,(H,53,59,60)(H2,50,51,52,54). The number of ether oxygens (including phenoxy) is 1. The van der Waals surface area contributed by atoms with E-state index < -0.39 is 44.8 Å². The van der Waals surface area contributed by atoms with Crippen molar-refractivity contribution in [3.63, 3.8) is 0 Å². The highest BCUT2D eigenvalue weighted by Gasteiger charge is 2.46. The van der Waals surface area contributed by atoms with Gasteiger partial charge in [-0.25, -0.2) is 13.4 Å². The zero-order valence-electron chi connectivity index (χ0n) is 37.8.